The van der Waals surface area contributed by atoms with Crippen molar-refractivity contribution in [3.05, 3.63) is 34.0 Å². The highest BCUT2D eigenvalue weighted by molar-refractivity contribution is 14.1. The van der Waals surface area contributed by atoms with Gasteiger partial charge in [-0.3, -0.25) is 0 Å². The molecule has 0 bridgehead atoms. The van der Waals surface area contributed by atoms with Gasteiger partial charge in [-0.1, -0.05) is 12.1 Å². The van der Waals surface area contributed by atoms with Crippen LogP contribution in [0, 0.1) is 3.57 Å². The Morgan fingerprint density at radius 2 is 2.15 bits per heavy atom. The Bertz CT molecular complexity index is 623. The zero-order valence-corrected chi connectivity index (χ0v) is 13.6. The van der Waals surface area contributed by atoms with Gasteiger partial charge in [0.2, 0.25) is 0 Å². The number of nitrogens with zero attached hydrogens (tertiary/aromatic N) is 2. The van der Waals surface area contributed by atoms with Gasteiger partial charge >= 0.3 is 6.09 Å². The Morgan fingerprint density at radius 1 is 1.40 bits per heavy atom. The molecule has 0 amide bonds. The maximum Gasteiger partial charge on any atom is 0.435 e. The minimum atomic E-state index is -0.485. The van der Waals surface area contributed by atoms with Crippen molar-refractivity contribution in [1.29, 1.82) is 0 Å². The lowest BCUT2D eigenvalue weighted by Gasteiger charge is -2.11. The second-order valence-electron chi connectivity index (χ2n) is 4.42. The molecular weight excluding hydrogens is 371 g/mol. The molecule has 1 aromatic heterocycles. The molecule has 0 aliphatic heterocycles. The van der Waals surface area contributed by atoms with Crippen molar-refractivity contribution in [1.82, 2.24) is 9.78 Å². The van der Waals surface area contributed by atoms with E-state index in [-0.39, 0.29) is 6.10 Å². The molecule has 20 heavy (non-hydrogen) atoms. The van der Waals surface area contributed by atoms with Crippen LogP contribution >= 0.6 is 22.6 Å². The zero-order valence-electron chi connectivity index (χ0n) is 11.5. The molecule has 0 N–H and O–H groups in total. The van der Waals surface area contributed by atoms with Gasteiger partial charge < -0.3 is 9.47 Å². The van der Waals surface area contributed by atoms with Crippen molar-refractivity contribution in [2.75, 3.05) is 7.11 Å². The predicted molar refractivity (Wildman–Crippen MR) is 83.9 cm³/mol. The second kappa shape index (κ2) is 6.25. The van der Waals surface area contributed by atoms with Crippen LogP contribution in [0.15, 0.2) is 30.5 Å². The Labute approximate surface area is 131 Å². The van der Waals surface area contributed by atoms with E-state index in [1.807, 2.05) is 24.3 Å². The summed E-state index contributed by atoms with van der Waals surface area (Å²) in [4.78, 5) is 12.1. The van der Waals surface area contributed by atoms with Gasteiger partial charge in [0.05, 0.1) is 28.7 Å². The monoisotopic (exact) mass is 386 g/mol. The number of carbonyl (C=O) groups excluding carboxylic acids is 1. The minimum absolute atomic E-state index is 0.192. The van der Waals surface area contributed by atoms with Crippen LogP contribution in [0.3, 0.4) is 0 Å². The minimum Gasteiger partial charge on any atom is -0.497 e. The molecule has 6 heteroatoms. The molecule has 0 atom stereocenters. The van der Waals surface area contributed by atoms with Crippen molar-refractivity contribution in [3.8, 4) is 17.0 Å². The van der Waals surface area contributed by atoms with Crippen molar-refractivity contribution in [3.63, 3.8) is 0 Å². The van der Waals surface area contributed by atoms with Gasteiger partial charge in [0.15, 0.2) is 0 Å². The maximum absolute atomic E-state index is 12.1. The summed E-state index contributed by atoms with van der Waals surface area (Å²) in [5, 5.41) is 4.09. The molecule has 1 aromatic carbocycles. The first kappa shape index (κ1) is 14.8. The highest BCUT2D eigenvalue weighted by atomic mass is 127. The lowest BCUT2D eigenvalue weighted by atomic mass is 10.1. The largest absolute Gasteiger partial charge is 0.497 e. The standard InChI is InChI=1S/C14H15IN2O3/c1-9(2)20-14(18)17-13(12(15)8-16-17)10-5-4-6-11(7-10)19-3/h4-9H,1-3H3. The molecule has 0 saturated heterocycles. The fourth-order valence-electron chi connectivity index (χ4n) is 1.75. The van der Waals surface area contributed by atoms with E-state index in [0.29, 0.717) is 5.69 Å². The highest BCUT2D eigenvalue weighted by Crippen LogP contribution is 2.28. The summed E-state index contributed by atoms with van der Waals surface area (Å²) in [6.45, 7) is 3.61. The number of methoxy groups -OCH3 is 1. The second-order valence-corrected chi connectivity index (χ2v) is 5.58. The van der Waals surface area contributed by atoms with E-state index in [1.165, 1.54) is 4.68 Å². The Hall–Kier alpha value is -1.57. The molecule has 0 radical (unpaired) electrons. The van der Waals surface area contributed by atoms with E-state index in [2.05, 4.69) is 27.7 Å². The van der Waals surface area contributed by atoms with Crippen LogP contribution in [0.25, 0.3) is 11.3 Å². The molecule has 2 aromatic rings. The van der Waals surface area contributed by atoms with Crippen LogP contribution in [0.4, 0.5) is 4.79 Å². The third-order valence-corrected chi connectivity index (χ3v) is 3.37. The highest BCUT2D eigenvalue weighted by Gasteiger charge is 2.19. The fourth-order valence-corrected chi connectivity index (χ4v) is 2.41. The summed E-state index contributed by atoms with van der Waals surface area (Å²) in [7, 11) is 1.61. The number of ether oxygens (including phenoxy) is 2. The Morgan fingerprint density at radius 3 is 2.80 bits per heavy atom. The normalized spacial score (nSPS) is 10.7. The van der Waals surface area contributed by atoms with Gasteiger partial charge in [0.25, 0.3) is 0 Å². The number of carbonyl (C=O) groups is 1. The number of rotatable bonds is 3. The SMILES string of the molecule is COc1cccc(-c2c(I)cnn2C(=O)OC(C)C)c1. The molecule has 1 heterocycles. The van der Waals surface area contributed by atoms with Gasteiger partial charge in [-0.05, 0) is 48.6 Å². The van der Waals surface area contributed by atoms with Crippen molar-refractivity contribution >= 4 is 28.7 Å². The number of hydrogen-bond acceptors (Lipinski definition) is 4. The fraction of sp³-hybridized carbons (Fsp3) is 0.286. The van der Waals surface area contributed by atoms with Crippen LogP contribution in [0.1, 0.15) is 13.8 Å². The third-order valence-electron chi connectivity index (χ3n) is 2.58. The average molecular weight is 386 g/mol. The molecule has 0 aliphatic carbocycles. The molecule has 0 spiro atoms. The zero-order chi connectivity index (χ0) is 14.7. The average Bonchev–Trinajstić information content (AvgIpc) is 2.80. The third kappa shape index (κ3) is 3.12. The first-order chi connectivity index (χ1) is 9.52. The summed E-state index contributed by atoms with van der Waals surface area (Å²) in [6, 6.07) is 7.48. The molecule has 0 unspecified atom stereocenters. The first-order valence-corrected chi connectivity index (χ1v) is 7.19. The van der Waals surface area contributed by atoms with Gasteiger partial charge in [-0.15, -0.1) is 0 Å². The van der Waals surface area contributed by atoms with Gasteiger partial charge in [-0.2, -0.15) is 9.78 Å². The lowest BCUT2D eigenvalue weighted by Crippen LogP contribution is -2.20. The summed E-state index contributed by atoms with van der Waals surface area (Å²) in [5.74, 6) is 0.725. The van der Waals surface area contributed by atoms with Gasteiger partial charge in [-0.25, -0.2) is 4.79 Å². The van der Waals surface area contributed by atoms with E-state index in [9.17, 15) is 4.79 Å². The van der Waals surface area contributed by atoms with Gasteiger partial charge in [0, 0.05) is 5.56 Å². The number of aromatic nitrogens is 2. The smallest absolute Gasteiger partial charge is 0.435 e. The van der Waals surface area contributed by atoms with Crippen molar-refractivity contribution < 1.29 is 14.3 Å². The van der Waals surface area contributed by atoms with Crippen LogP contribution in [0.5, 0.6) is 5.75 Å². The van der Waals surface area contributed by atoms with Crippen molar-refractivity contribution in [2.24, 2.45) is 0 Å². The predicted octanol–water partition coefficient (Wildman–Crippen LogP) is 3.56. The van der Waals surface area contributed by atoms with E-state index in [4.69, 9.17) is 9.47 Å². The number of hydrogen-bond donors (Lipinski definition) is 0. The number of benzene rings is 1. The molecule has 2 rings (SSSR count). The Balaban J connectivity index is 2.45. The quantitative estimate of drug-likeness (QED) is 0.758. The molecular formula is C14H15IN2O3. The topological polar surface area (TPSA) is 53.4 Å². The molecule has 5 nitrogen and oxygen atoms in total. The van der Waals surface area contributed by atoms with E-state index in [0.717, 1.165) is 14.9 Å². The lowest BCUT2D eigenvalue weighted by molar-refractivity contribution is 0.114. The van der Waals surface area contributed by atoms with E-state index < -0.39 is 6.09 Å². The molecule has 0 aliphatic rings. The summed E-state index contributed by atoms with van der Waals surface area (Å²) >= 11 is 2.14. The summed E-state index contributed by atoms with van der Waals surface area (Å²) < 4.78 is 12.6. The summed E-state index contributed by atoms with van der Waals surface area (Å²) in [5.41, 5.74) is 1.56. The Kier molecular flexibility index (Phi) is 4.64. The number of halogens is 1. The van der Waals surface area contributed by atoms with Crippen LogP contribution in [-0.2, 0) is 4.74 Å². The molecule has 0 saturated carbocycles. The molecule has 106 valence electrons. The van der Waals surface area contributed by atoms with Crippen LogP contribution < -0.4 is 4.74 Å². The molecule has 0 fully saturated rings. The van der Waals surface area contributed by atoms with E-state index >= 15 is 0 Å². The maximum atomic E-state index is 12.1. The van der Waals surface area contributed by atoms with Crippen LogP contribution in [0.2, 0.25) is 0 Å². The van der Waals surface area contributed by atoms with Gasteiger partial charge in [0.1, 0.15) is 5.75 Å². The van der Waals surface area contributed by atoms with E-state index in [1.54, 1.807) is 27.2 Å². The van der Waals surface area contributed by atoms with Crippen LogP contribution in [-0.4, -0.2) is 29.1 Å². The van der Waals surface area contributed by atoms with Crippen molar-refractivity contribution in [2.45, 2.75) is 20.0 Å². The first-order valence-electron chi connectivity index (χ1n) is 6.12. The summed E-state index contributed by atoms with van der Waals surface area (Å²) in [6.07, 6.45) is 0.958.